The Morgan fingerprint density at radius 1 is 1.40 bits per heavy atom. The summed E-state index contributed by atoms with van der Waals surface area (Å²) in [4.78, 5) is 22.5. The van der Waals surface area contributed by atoms with Gasteiger partial charge in [-0.25, -0.2) is 0 Å². The molecule has 1 saturated carbocycles. The van der Waals surface area contributed by atoms with E-state index in [-0.39, 0.29) is 23.0 Å². The summed E-state index contributed by atoms with van der Waals surface area (Å²) in [6.45, 7) is 4.20. The van der Waals surface area contributed by atoms with E-state index in [0.29, 0.717) is 11.8 Å². The van der Waals surface area contributed by atoms with Gasteiger partial charge in [0.25, 0.3) is 11.6 Å². The van der Waals surface area contributed by atoms with Crippen LogP contribution in [0.1, 0.15) is 37.0 Å². The number of nitrogens with one attached hydrogen (secondary N) is 1. The summed E-state index contributed by atoms with van der Waals surface area (Å²) in [7, 11) is 0. The van der Waals surface area contributed by atoms with E-state index in [1.165, 1.54) is 6.07 Å². The molecule has 2 N–H and O–H groups in total. The van der Waals surface area contributed by atoms with Crippen LogP contribution in [0.2, 0.25) is 0 Å². The zero-order valence-electron chi connectivity index (χ0n) is 11.5. The molecular weight excluding hydrogens is 260 g/mol. The number of nitrogens with zero attached hydrogens (tertiary/aromatic N) is 1. The maximum Gasteiger partial charge on any atom is 0.282 e. The van der Waals surface area contributed by atoms with Crippen LogP contribution in [0.5, 0.6) is 5.75 Å². The molecule has 2 rings (SSSR count). The molecule has 1 aliphatic rings. The first kappa shape index (κ1) is 14.3. The number of hydrogen-bond donors (Lipinski definition) is 2. The predicted molar refractivity (Wildman–Crippen MR) is 73.6 cm³/mol. The van der Waals surface area contributed by atoms with Gasteiger partial charge in [0.05, 0.1) is 4.92 Å². The molecule has 0 aliphatic heterocycles. The molecule has 0 heterocycles. The Kier molecular flexibility index (Phi) is 3.92. The fourth-order valence-corrected chi connectivity index (χ4v) is 2.68. The number of carbonyl (C=O) groups excluding carboxylic acids is 1. The summed E-state index contributed by atoms with van der Waals surface area (Å²) >= 11 is 0. The normalized spacial score (nSPS) is 25.4. The number of carbonyl (C=O) groups is 1. The minimum Gasteiger partial charge on any atom is -0.508 e. The summed E-state index contributed by atoms with van der Waals surface area (Å²) in [5.41, 5.74) is -0.388. The van der Waals surface area contributed by atoms with Crippen LogP contribution in [-0.4, -0.2) is 22.0 Å². The van der Waals surface area contributed by atoms with E-state index in [4.69, 9.17) is 0 Å². The average molecular weight is 278 g/mol. The number of nitro groups is 1. The number of aromatic hydroxyl groups is 1. The molecule has 1 fully saturated rings. The lowest BCUT2D eigenvalue weighted by atomic mass is 9.97. The van der Waals surface area contributed by atoms with Crippen LogP contribution in [0.15, 0.2) is 18.2 Å². The first-order valence-corrected chi connectivity index (χ1v) is 6.68. The van der Waals surface area contributed by atoms with Gasteiger partial charge in [0, 0.05) is 12.1 Å². The summed E-state index contributed by atoms with van der Waals surface area (Å²) in [6.07, 6.45) is 1.91. The quantitative estimate of drug-likeness (QED) is 0.656. The summed E-state index contributed by atoms with van der Waals surface area (Å²) in [6, 6.07) is 3.51. The highest BCUT2D eigenvalue weighted by Gasteiger charge is 2.32. The van der Waals surface area contributed by atoms with Gasteiger partial charge in [0.15, 0.2) is 0 Å². The van der Waals surface area contributed by atoms with Crippen molar-refractivity contribution in [1.29, 1.82) is 0 Å². The summed E-state index contributed by atoms with van der Waals surface area (Å²) in [5.74, 6) is 0.210. The number of benzene rings is 1. The van der Waals surface area contributed by atoms with E-state index in [1.807, 2.05) is 0 Å². The highest BCUT2D eigenvalue weighted by Crippen LogP contribution is 2.32. The molecule has 0 spiro atoms. The average Bonchev–Trinajstić information content (AvgIpc) is 2.70. The predicted octanol–water partition coefficient (Wildman–Crippen LogP) is 2.46. The smallest absolute Gasteiger partial charge is 0.282 e. The first-order chi connectivity index (χ1) is 9.40. The molecule has 6 heteroatoms. The van der Waals surface area contributed by atoms with Crippen LogP contribution < -0.4 is 5.32 Å². The van der Waals surface area contributed by atoms with E-state index in [1.54, 1.807) is 0 Å². The third kappa shape index (κ3) is 2.74. The molecule has 1 amide bonds. The Morgan fingerprint density at radius 3 is 2.65 bits per heavy atom. The molecule has 0 saturated heterocycles. The zero-order valence-corrected chi connectivity index (χ0v) is 11.5. The number of nitro benzene ring substituents is 1. The topological polar surface area (TPSA) is 92.5 Å². The second-order valence-corrected chi connectivity index (χ2v) is 5.45. The summed E-state index contributed by atoms with van der Waals surface area (Å²) in [5, 5.41) is 23.2. The van der Waals surface area contributed by atoms with Crippen molar-refractivity contribution in [2.24, 2.45) is 11.8 Å². The highest BCUT2D eigenvalue weighted by molar-refractivity contribution is 5.98. The van der Waals surface area contributed by atoms with Gasteiger partial charge in [-0.2, -0.15) is 0 Å². The molecule has 20 heavy (non-hydrogen) atoms. The van der Waals surface area contributed by atoms with Crippen molar-refractivity contribution in [1.82, 2.24) is 5.32 Å². The molecule has 108 valence electrons. The minimum atomic E-state index is -0.616. The molecule has 3 atom stereocenters. The lowest BCUT2D eigenvalue weighted by Crippen LogP contribution is -2.37. The van der Waals surface area contributed by atoms with Crippen molar-refractivity contribution in [3.05, 3.63) is 33.9 Å². The van der Waals surface area contributed by atoms with Gasteiger partial charge in [-0.15, -0.1) is 0 Å². The Bertz CT molecular complexity index is 544. The van der Waals surface area contributed by atoms with Crippen LogP contribution in [0.3, 0.4) is 0 Å². The lowest BCUT2D eigenvalue weighted by Gasteiger charge is -2.19. The lowest BCUT2D eigenvalue weighted by molar-refractivity contribution is -0.385. The fraction of sp³-hybridized carbons (Fsp3) is 0.500. The molecule has 0 bridgehead atoms. The molecule has 3 unspecified atom stereocenters. The molecule has 0 aromatic heterocycles. The number of phenolic OH excluding ortho intramolecular Hbond substituents is 1. The van der Waals surface area contributed by atoms with Gasteiger partial charge in [-0.1, -0.05) is 13.8 Å². The number of phenols is 1. The number of rotatable bonds is 3. The van der Waals surface area contributed by atoms with Crippen LogP contribution in [-0.2, 0) is 0 Å². The summed E-state index contributed by atoms with van der Waals surface area (Å²) < 4.78 is 0. The maximum absolute atomic E-state index is 12.2. The van der Waals surface area contributed by atoms with E-state index in [2.05, 4.69) is 19.2 Å². The number of amides is 1. The van der Waals surface area contributed by atoms with Gasteiger partial charge in [0.1, 0.15) is 11.3 Å². The van der Waals surface area contributed by atoms with Crippen LogP contribution >= 0.6 is 0 Å². The highest BCUT2D eigenvalue weighted by atomic mass is 16.6. The van der Waals surface area contributed by atoms with E-state index >= 15 is 0 Å². The Morgan fingerprint density at radius 2 is 2.10 bits per heavy atom. The minimum absolute atomic E-state index is 0.0273. The van der Waals surface area contributed by atoms with Gasteiger partial charge < -0.3 is 10.4 Å². The van der Waals surface area contributed by atoms with Crippen molar-refractivity contribution in [3.63, 3.8) is 0 Å². The molecule has 6 nitrogen and oxygen atoms in total. The van der Waals surface area contributed by atoms with E-state index in [9.17, 15) is 20.0 Å². The van der Waals surface area contributed by atoms with Crippen LogP contribution in [0.25, 0.3) is 0 Å². The largest absolute Gasteiger partial charge is 0.508 e. The van der Waals surface area contributed by atoms with E-state index in [0.717, 1.165) is 25.0 Å². The molecule has 1 aliphatic carbocycles. The van der Waals surface area contributed by atoms with Crippen molar-refractivity contribution in [2.75, 3.05) is 0 Å². The van der Waals surface area contributed by atoms with Crippen LogP contribution in [0, 0.1) is 22.0 Å². The third-order valence-corrected chi connectivity index (χ3v) is 4.20. The van der Waals surface area contributed by atoms with Crippen molar-refractivity contribution < 1.29 is 14.8 Å². The zero-order chi connectivity index (χ0) is 14.9. The van der Waals surface area contributed by atoms with Crippen molar-refractivity contribution >= 4 is 11.6 Å². The van der Waals surface area contributed by atoms with Gasteiger partial charge in [0.2, 0.25) is 0 Å². The Labute approximate surface area is 117 Å². The van der Waals surface area contributed by atoms with Gasteiger partial charge in [-0.3, -0.25) is 14.9 Å². The second-order valence-electron chi connectivity index (χ2n) is 5.45. The first-order valence-electron chi connectivity index (χ1n) is 6.68. The SMILES string of the molecule is CC1CCC(NC(=O)c2cc(O)ccc2[N+](=O)[O-])C1C. The molecule has 0 radical (unpaired) electrons. The standard InChI is InChI=1S/C14H18N2O4/c1-8-3-5-12(9(8)2)15-14(18)11-7-10(17)4-6-13(11)16(19)20/h4,6-9,12,17H,3,5H2,1-2H3,(H,15,18). The fourth-order valence-electron chi connectivity index (χ4n) is 2.68. The number of hydrogen-bond acceptors (Lipinski definition) is 4. The van der Waals surface area contributed by atoms with Crippen LogP contribution in [0.4, 0.5) is 5.69 Å². The molecule has 1 aromatic rings. The van der Waals surface area contributed by atoms with Crippen molar-refractivity contribution in [3.8, 4) is 5.75 Å². The Hall–Kier alpha value is -2.11. The second kappa shape index (κ2) is 5.48. The van der Waals surface area contributed by atoms with Gasteiger partial charge in [-0.05, 0) is 36.8 Å². The van der Waals surface area contributed by atoms with E-state index < -0.39 is 10.8 Å². The Balaban J connectivity index is 2.21. The third-order valence-electron chi connectivity index (χ3n) is 4.20. The molecule has 1 aromatic carbocycles. The monoisotopic (exact) mass is 278 g/mol. The molecular formula is C14H18N2O4. The van der Waals surface area contributed by atoms with Crippen molar-refractivity contribution in [2.45, 2.75) is 32.7 Å². The van der Waals surface area contributed by atoms with Gasteiger partial charge >= 0.3 is 0 Å². The maximum atomic E-state index is 12.2.